The maximum atomic E-state index is 11.8. The van der Waals surface area contributed by atoms with Crippen LogP contribution < -0.4 is 10.9 Å². The van der Waals surface area contributed by atoms with Crippen LogP contribution >= 0.6 is 0 Å². The summed E-state index contributed by atoms with van der Waals surface area (Å²) < 4.78 is 0. The van der Waals surface area contributed by atoms with Crippen LogP contribution in [0.5, 0.6) is 0 Å². The first-order chi connectivity index (χ1) is 8.47. The number of amides is 1. The van der Waals surface area contributed by atoms with Crippen LogP contribution in [0, 0.1) is 5.92 Å². The van der Waals surface area contributed by atoms with Crippen LogP contribution in [-0.4, -0.2) is 28.0 Å². The van der Waals surface area contributed by atoms with Crippen molar-refractivity contribution in [1.29, 1.82) is 0 Å². The molecule has 0 saturated heterocycles. The van der Waals surface area contributed by atoms with Crippen LogP contribution in [0.1, 0.15) is 30.6 Å². The van der Waals surface area contributed by atoms with Crippen molar-refractivity contribution in [2.24, 2.45) is 5.92 Å². The van der Waals surface area contributed by atoms with Crippen molar-refractivity contribution < 1.29 is 14.7 Å². The lowest BCUT2D eigenvalue weighted by molar-refractivity contribution is -0.140. The Morgan fingerprint density at radius 3 is 2.67 bits per heavy atom. The number of rotatable bonds is 5. The van der Waals surface area contributed by atoms with E-state index in [1.807, 2.05) is 6.92 Å². The average molecular weight is 252 g/mol. The second kappa shape index (κ2) is 6.00. The van der Waals surface area contributed by atoms with Crippen molar-refractivity contribution in [3.05, 3.63) is 34.2 Å². The summed E-state index contributed by atoms with van der Waals surface area (Å²) in [6.45, 7) is 3.57. The van der Waals surface area contributed by atoms with E-state index in [9.17, 15) is 14.4 Å². The van der Waals surface area contributed by atoms with Gasteiger partial charge >= 0.3 is 5.97 Å². The summed E-state index contributed by atoms with van der Waals surface area (Å²) in [5.74, 6) is -2.00. The molecule has 1 aromatic heterocycles. The van der Waals surface area contributed by atoms with Gasteiger partial charge in [-0.1, -0.05) is 20.3 Å². The Hall–Kier alpha value is -2.11. The molecule has 0 aliphatic carbocycles. The number of aromatic amines is 1. The number of carbonyl (C=O) groups is 2. The van der Waals surface area contributed by atoms with Crippen LogP contribution in [0.3, 0.4) is 0 Å². The van der Waals surface area contributed by atoms with Crippen LogP contribution in [-0.2, 0) is 4.79 Å². The summed E-state index contributed by atoms with van der Waals surface area (Å²) in [5, 5.41) is 11.4. The predicted molar refractivity (Wildman–Crippen MR) is 65.4 cm³/mol. The SMILES string of the molecule is CCC(C)[C@H](NC(=O)c1ccc[nH]c1=O)C(=O)O. The zero-order valence-corrected chi connectivity index (χ0v) is 10.3. The molecule has 0 saturated carbocycles. The molecule has 3 N–H and O–H groups in total. The molecule has 0 bridgehead atoms. The Balaban J connectivity index is 2.89. The molecule has 98 valence electrons. The first kappa shape index (κ1) is 14.0. The third-order valence-corrected chi connectivity index (χ3v) is 2.83. The number of aliphatic carboxylic acids is 1. The second-order valence-electron chi connectivity index (χ2n) is 4.09. The summed E-state index contributed by atoms with van der Waals surface area (Å²) in [7, 11) is 0. The van der Waals surface area contributed by atoms with Crippen LogP contribution in [0.2, 0.25) is 0 Å². The van der Waals surface area contributed by atoms with E-state index in [4.69, 9.17) is 5.11 Å². The highest BCUT2D eigenvalue weighted by Gasteiger charge is 2.26. The smallest absolute Gasteiger partial charge is 0.326 e. The Kier molecular flexibility index (Phi) is 4.65. The van der Waals surface area contributed by atoms with E-state index in [0.717, 1.165) is 0 Å². The molecule has 0 spiro atoms. The van der Waals surface area contributed by atoms with E-state index in [-0.39, 0.29) is 11.5 Å². The molecule has 1 rings (SSSR count). The van der Waals surface area contributed by atoms with Gasteiger partial charge in [0.1, 0.15) is 11.6 Å². The van der Waals surface area contributed by atoms with Crippen LogP contribution in [0.25, 0.3) is 0 Å². The zero-order chi connectivity index (χ0) is 13.7. The maximum Gasteiger partial charge on any atom is 0.326 e. The third-order valence-electron chi connectivity index (χ3n) is 2.83. The van der Waals surface area contributed by atoms with Gasteiger partial charge in [0.05, 0.1) is 0 Å². The normalized spacial score (nSPS) is 13.7. The molecule has 18 heavy (non-hydrogen) atoms. The highest BCUT2D eigenvalue weighted by Crippen LogP contribution is 2.08. The van der Waals surface area contributed by atoms with Crippen LogP contribution in [0.4, 0.5) is 0 Å². The first-order valence-corrected chi connectivity index (χ1v) is 5.68. The average Bonchev–Trinajstić information content (AvgIpc) is 2.35. The molecule has 2 atom stereocenters. The van der Waals surface area contributed by atoms with E-state index < -0.39 is 23.5 Å². The molecule has 0 aromatic carbocycles. The number of carbonyl (C=O) groups excluding carboxylic acids is 1. The fourth-order valence-corrected chi connectivity index (χ4v) is 1.50. The minimum absolute atomic E-state index is 0.0907. The van der Waals surface area contributed by atoms with E-state index in [1.54, 1.807) is 6.92 Å². The van der Waals surface area contributed by atoms with Gasteiger partial charge in [-0.2, -0.15) is 0 Å². The largest absolute Gasteiger partial charge is 0.480 e. The highest BCUT2D eigenvalue weighted by molar-refractivity contribution is 5.96. The number of hydrogen-bond donors (Lipinski definition) is 3. The topological polar surface area (TPSA) is 99.3 Å². The number of carboxylic acid groups (broad SMARTS) is 1. The van der Waals surface area contributed by atoms with Gasteiger partial charge in [-0.25, -0.2) is 4.79 Å². The molecule has 1 aromatic rings. The van der Waals surface area contributed by atoms with Gasteiger partial charge in [-0.05, 0) is 18.1 Å². The van der Waals surface area contributed by atoms with Gasteiger partial charge in [-0.15, -0.1) is 0 Å². The van der Waals surface area contributed by atoms with E-state index in [1.165, 1.54) is 18.3 Å². The minimum Gasteiger partial charge on any atom is -0.480 e. The quantitative estimate of drug-likeness (QED) is 0.714. The van der Waals surface area contributed by atoms with Gasteiger partial charge < -0.3 is 15.4 Å². The molecule has 0 aliphatic rings. The fraction of sp³-hybridized carbons (Fsp3) is 0.417. The molecule has 0 aliphatic heterocycles. The number of H-pyrrole nitrogens is 1. The predicted octanol–water partition coefficient (Wildman–Crippen LogP) is 0.604. The van der Waals surface area contributed by atoms with E-state index >= 15 is 0 Å². The molecular formula is C12H16N2O4. The van der Waals surface area contributed by atoms with Crippen molar-refractivity contribution in [1.82, 2.24) is 10.3 Å². The molecule has 1 amide bonds. The summed E-state index contributed by atoms with van der Waals surface area (Å²) in [6.07, 6.45) is 2.02. The summed E-state index contributed by atoms with van der Waals surface area (Å²) in [4.78, 5) is 36.6. The lowest BCUT2D eigenvalue weighted by Gasteiger charge is -2.19. The highest BCUT2D eigenvalue weighted by atomic mass is 16.4. The van der Waals surface area contributed by atoms with Crippen LogP contribution in [0.15, 0.2) is 23.1 Å². The number of carboxylic acids is 1. The maximum absolute atomic E-state index is 11.8. The summed E-state index contributed by atoms with van der Waals surface area (Å²) in [6, 6.07) is 1.86. The fourth-order valence-electron chi connectivity index (χ4n) is 1.50. The zero-order valence-electron chi connectivity index (χ0n) is 10.3. The van der Waals surface area contributed by atoms with Gasteiger partial charge in [-0.3, -0.25) is 9.59 Å². The molecule has 1 unspecified atom stereocenters. The number of pyridine rings is 1. The Morgan fingerprint density at radius 1 is 1.50 bits per heavy atom. The summed E-state index contributed by atoms with van der Waals surface area (Å²) in [5.41, 5.74) is -0.629. The first-order valence-electron chi connectivity index (χ1n) is 5.68. The lowest BCUT2D eigenvalue weighted by atomic mass is 9.99. The van der Waals surface area contributed by atoms with Crippen molar-refractivity contribution in [3.8, 4) is 0 Å². The van der Waals surface area contributed by atoms with Gasteiger partial charge in [0, 0.05) is 6.20 Å². The number of nitrogens with one attached hydrogen (secondary N) is 2. The summed E-state index contributed by atoms with van der Waals surface area (Å²) >= 11 is 0. The minimum atomic E-state index is -1.11. The molecule has 0 fully saturated rings. The third kappa shape index (κ3) is 3.19. The number of hydrogen-bond acceptors (Lipinski definition) is 3. The monoisotopic (exact) mass is 252 g/mol. The standard InChI is InChI=1S/C12H16N2O4/c1-3-7(2)9(12(17)18)14-11(16)8-5-4-6-13-10(8)15/h4-7,9H,3H2,1-2H3,(H,13,15)(H,14,16)(H,17,18)/t7?,9-/m0/s1. The molecule has 1 heterocycles. The second-order valence-corrected chi connectivity index (χ2v) is 4.09. The van der Waals surface area contributed by atoms with Crippen molar-refractivity contribution in [3.63, 3.8) is 0 Å². The Bertz CT molecular complexity index is 495. The Morgan fingerprint density at radius 2 is 2.17 bits per heavy atom. The van der Waals surface area contributed by atoms with Gasteiger partial charge in [0.2, 0.25) is 0 Å². The van der Waals surface area contributed by atoms with Crippen molar-refractivity contribution >= 4 is 11.9 Å². The molecule has 6 heteroatoms. The molecular weight excluding hydrogens is 236 g/mol. The molecule has 6 nitrogen and oxygen atoms in total. The van der Waals surface area contributed by atoms with Crippen molar-refractivity contribution in [2.45, 2.75) is 26.3 Å². The number of aromatic nitrogens is 1. The van der Waals surface area contributed by atoms with Crippen molar-refractivity contribution in [2.75, 3.05) is 0 Å². The van der Waals surface area contributed by atoms with E-state index in [2.05, 4.69) is 10.3 Å². The Labute approximate surface area is 104 Å². The van der Waals surface area contributed by atoms with E-state index in [0.29, 0.717) is 6.42 Å². The van der Waals surface area contributed by atoms with Gasteiger partial charge in [0.25, 0.3) is 11.5 Å². The van der Waals surface area contributed by atoms with Gasteiger partial charge in [0.15, 0.2) is 0 Å². The molecule has 0 radical (unpaired) electrons. The lowest BCUT2D eigenvalue weighted by Crippen LogP contribution is -2.46.